The van der Waals surface area contributed by atoms with Gasteiger partial charge in [0.25, 0.3) is 5.91 Å². The molecule has 3 aliphatic rings. The number of aromatic nitrogens is 1. The van der Waals surface area contributed by atoms with Gasteiger partial charge in [0.1, 0.15) is 34.5 Å². The first kappa shape index (κ1) is 25.2. The highest BCUT2D eigenvalue weighted by Gasteiger charge is 2.49. The van der Waals surface area contributed by atoms with Gasteiger partial charge < -0.3 is 20.3 Å². The van der Waals surface area contributed by atoms with E-state index in [1.165, 1.54) is 12.1 Å². The van der Waals surface area contributed by atoms with Crippen molar-refractivity contribution in [3.63, 3.8) is 0 Å². The number of alkyl halides is 3. The number of hydrogen-bond acceptors (Lipinski definition) is 7. The molecule has 192 valence electrons. The molecule has 1 saturated carbocycles. The average Bonchev–Trinajstić information content (AvgIpc) is 3.63. The predicted molar refractivity (Wildman–Crippen MR) is 126 cm³/mol. The lowest BCUT2D eigenvalue weighted by molar-refractivity contribution is -0.141. The monoisotopic (exact) mass is 515 g/mol. The summed E-state index contributed by atoms with van der Waals surface area (Å²) in [5.74, 6) is -1.22. The normalized spacial score (nSPS) is 23.6. The molecule has 1 aromatic carbocycles. The van der Waals surface area contributed by atoms with Crippen LogP contribution in [0.4, 0.5) is 23.2 Å². The highest BCUT2D eigenvalue weighted by Crippen LogP contribution is 2.43. The molecule has 0 bridgehead atoms. The van der Waals surface area contributed by atoms with E-state index in [4.69, 9.17) is 0 Å². The minimum atomic E-state index is -4.59. The lowest BCUT2D eigenvalue weighted by Crippen LogP contribution is -2.53. The molecule has 2 aromatic rings. The van der Waals surface area contributed by atoms with Crippen molar-refractivity contribution in [3.05, 3.63) is 52.6 Å². The molecule has 1 spiro atoms. The lowest BCUT2D eigenvalue weighted by Gasteiger charge is -2.42. The third-order valence-electron chi connectivity index (χ3n) is 7.16. The Labute approximate surface area is 209 Å². The van der Waals surface area contributed by atoms with Gasteiger partial charge in [-0.3, -0.25) is 9.79 Å². The number of aliphatic imine (C=N–C) groups is 1. The fraction of sp³-hybridized carbons (Fsp3) is 0.417. The van der Waals surface area contributed by atoms with Crippen LogP contribution >= 0.6 is 0 Å². The first-order valence-corrected chi connectivity index (χ1v) is 11.8. The molecule has 1 aromatic heterocycles. The van der Waals surface area contributed by atoms with Gasteiger partial charge in [-0.1, -0.05) is 0 Å². The number of nitrogens with one attached hydrogen (secondary N) is 1. The summed E-state index contributed by atoms with van der Waals surface area (Å²) in [4.78, 5) is 23.4. The molecule has 5 rings (SSSR count). The van der Waals surface area contributed by atoms with Gasteiger partial charge in [0.05, 0.1) is 11.4 Å². The first-order chi connectivity index (χ1) is 17.4. The first-order valence-electron chi connectivity index (χ1n) is 11.8. The van der Waals surface area contributed by atoms with Gasteiger partial charge in [-0.15, -0.1) is 0 Å². The summed E-state index contributed by atoms with van der Waals surface area (Å²) in [6, 6.07) is 5.80. The Morgan fingerprint density at radius 2 is 2.00 bits per heavy atom. The minimum Gasteiger partial charge on any atom is -0.423 e. The number of amidine groups is 1. The molecular formula is C24H22BF4N5O3. The molecule has 3 heterocycles. The highest BCUT2D eigenvalue weighted by molar-refractivity contribution is 6.58. The van der Waals surface area contributed by atoms with E-state index < -0.39 is 36.4 Å². The number of piperidine rings is 1. The van der Waals surface area contributed by atoms with Crippen molar-refractivity contribution < 1.29 is 32.4 Å². The summed E-state index contributed by atoms with van der Waals surface area (Å²) in [6.45, 7) is 1.98. The molecule has 8 nitrogen and oxygen atoms in total. The Balaban J connectivity index is 1.46. The summed E-state index contributed by atoms with van der Waals surface area (Å²) >= 11 is 0. The van der Waals surface area contributed by atoms with E-state index in [2.05, 4.69) is 15.3 Å². The summed E-state index contributed by atoms with van der Waals surface area (Å²) in [5.41, 5.74) is -1.72. The van der Waals surface area contributed by atoms with E-state index in [1.807, 2.05) is 6.07 Å². The molecule has 2 fully saturated rings. The number of amides is 1. The number of anilines is 1. The fourth-order valence-corrected chi connectivity index (χ4v) is 5.14. The third kappa shape index (κ3) is 4.44. The Hall–Kier alpha value is -3.50. The molecule has 2 atom stereocenters. The van der Waals surface area contributed by atoms with E-state index in [9.17, 15) is 37.7 Å². The fourth-order valence-electron chi connectivity index (χ4n) is 5.14. The Kier molecular flexibility index (Phi) is 5.99. The summed E-state index contributed by atoms with van der Waals surface area (Å²) in [5, 5.41) is 31.3. The molecule has 3 N–H and O–H groups in total. The standard InChI is InChI=1S/C24H22BF4N5O3/c1-12-10-23(6-7-34(12)18-9-14(25(36)37)8-17(26)16(18)11-30)22(35)32-21(33-23)15-4-5-19(24(27,28)29)31-20(15)13-2-3-13/h4-5,8-9,12-13,36-37H,2-3,6-7,10H2,1H3,(H,32,33,35)/t12-,23+/m0/s1. The van der Waals surface area contributed by atoms with Crippen molar-refractivity contribution in [3.8, 4) is 6.07 Å². The average molecular weight is 515 g/mol. The van der Waals surface area contributed by atoms with Gasteiger partial charge >= 0.3 is 13.3 Å². The number of carbonyl (C=O) groups excluding carboxylic acids is 1. The Morgan fingerprint density at radius 1 is 1.27 bits per heavy atom. The van der Waals surface area contributed by atoms with Gasteiger partial charge in [0.15, 0.2) is 0 Å². The number of hydrogen-bond donors (Lipinski definition) is 3. The van der Waals surface area contributed by atoms with Gasteiger partial charge in [-0.2, -0.15) is 18.4 Å². The van der Waals surface area contributed by atoms with Crippen molar-refractivity contribution >= 4 is 30.0 Å². The molecule has 0 unspecified atom stereocenters. The van der Waals surface area contributed by atoms with Gasteiger partial charge in [-0.25, -0.2) is 9.37 Å². The van der Waals surface area contributed by atoms with E-state index in [0.29, 0.717) is 18.4 Å². The van der Waals surface area contributed by atoms with Crippen LogP contribution in [0.1, 0.15) is 61.0 Å². The molecule has 1 saturated heterocycles. The van der Waals surface area contributed by atoms with Crippen molar-refractivity contribution in [1.82, 2.24) is 10.3 Å². The molecule has 13 heteroatoms. The van der Waals surface area contributed by atoms with E-state index in [-0.39, 0.29) is 59.5 Å². The number of nitrogens with zero attached hydrogens (tertiary/aromatic N) is 4. The molecule has 37 heavy (non-hydrogen) atoms. The van der Waals surface area contributed by atoms with Crippen LogP contribution in [0.15, 0.2) is 29.3 Å². The van der Waals surface area contributed by atoms with Crippen molar-refractivity contribution in [2.45, 2.75) is 56.3 Å². The van der Waals surface area contributed by atoms with Crippen LogP contribution in [0.2, 0.25) is 0 Å². The SMILES string of the molecule is C[C@H]1C[C@@]2(CCN1c1cc(B(O)O)cc(F)c1C#N)N=C(c1ccc(C(F)(F)F)nc1C1CC1)NC2=O. The topological polar surface area (TPSA) is 122 Å². The zero-order chi connectivity index (χ0) is 26.7. The number of benzene rings is 1. The smallest absolute Gasteiger partial charge is 0.423 e. The summed E-state index contributed by atoms with van der Waals surface area (Å²) < 4.78 is 54.2. The van der Waals surface area contributed by atoms with Crippen molar-refractivity contribution in [2.75, 3.05) is 11.4 Å². The molecular weight excluding hydrogens is 493 g/mol. The maximum absolute atomic E-state index is 14.5. The van der Waals surface area contributed by atoms with Crippen LogP contribution in [-0.2, 0) is 11.0 Å². The van der Waals surface area contributed by atoms with Crippen LogP contribution < -0.4 is 15.7 Å². The van der Waals surface area contributed by atoms with Crippen LogP contribution in [0, 0.1) is 17.1 Å². The van der Waals surface area contributed by atoms with Gasteiger partial charge in [-0.05, 0) is 55.9 Å². The van der Waals surface area contributed by atoms with Crippen molar-refractivity contribution in [1.29, 1.82) is 5.26 Å². The maximum Gasteiger partial charge on any atom is 0.488 e. The number of pyridine rings is 1. The van der Waals surface area contributed by atoms with Crippen molar-refractivity contribution in [2.24, 2.45) is 4.99 Å². The third-order valence-corrected chi connectivity index (χ3v) is 7.16. The molecule has 1 amide bonds. The number of carbonyl (C=O) groups is 1. The lowest BCUT2D eigenvalue weighted by atomic mass is 9.78. The van der Waals surface area contributed by atoms with Crippen LogP contribution in [0.25, 0.3) is 0 Å². The molecule has 0 radical (unpaired) electrons. The summed E-state index contributed by atoms with van der Waals surface area (Å²) in [6.07, 6.45) is -2.79. The largest absolute Gasteiger partial charge is 0.488 e. The predicted octanol–water partition coefficient (Wildman–Crippen LogP) is 1.97. The molecule has 2 aliphatic heterocycles. The number of rotatable bonds is 4. The quantitative estimate of drug-likeness (QED) is 0.423. The second-order valence-electron chi connectivity index (χ2n) is 9.73. The maximum atomic E-state index is 14.5. The van der Waals surface area contributed by atoms with Crippen LogP contribution in [0.5, 0.6) is 0 Å². The van der Waals surface area contributed by atoms with E-state index in [1.54, 1.807) is 11.8 Å². The highest BCUT2D eigenvalue weighted by atomic mass is 19.4. The number of nitriles is 1. The van der Waals surface area contributed by atoms with Gasteiger partial charge in [0.2, 0.25) is 0 Å². The zero-order valence-corrected chi connectivity index (χ0v) is 19.7. The van der Waals surface area contributed by atoms with Gasteiger partial charge in [0, 0.05) is 30.5 Å². The second-order valence-corrected chi connectivity index (χ2v) is 9.73. The Morgan fingerprint density at radius 3 is 2.59 bits per heavy atom. The van der Waals surface area contributed by atoms with Crippen LogP contribution in [-0.4, -0.2) is 52.0 Å². The number of halogens is 4. The van der Waals surface area contributed by atoms with Crippen LogP contribution in [0.3, 0.4) is 0 Å². The summed E-state index contributed by atoms with van der Waals surface area (Å²) in [7, 11) is -1.93. The van der Waals surface area contributed by atoms with E-state index >= 15 is 0 Å². The minimum absolute atomic E-state index is 0.111. The molecule has 1 aliphatic carbocycles. The second kappa shape index (κ2) is 8.81. The zero-order valence-electron chi connectivity index (χ0n) is 19.7. The van der Waals surface area contributed by atoms with E-state index in [0.717, 1.165) is 12.1 Å². The Bertz CT molecular complexity index is 1360.